The summed E-state index contributed by atoms with van der Waals surface area (Å²) >= 11 is 0. The summed E-state index contributed by atoms with van der Waals surface area (Å²) < 4.78 is 11.3. The van der Waals surface area contributed by atoms with E-state index in [-0.39, 0.29) is 12.6 Å². The molecule has 2 atom stereocenters. The summed E-state index contributed by atoms with van der Waals surface area (Å²) in [6.45, 7) is 10.0. The predicted octanol–water partition coefficient (Wildman–Crippen LogP) is 7.49. The summed E-state index contributed by atoms with van der Waals surface area (Å²) in [5.41, 5.74) is 8.63. The van der Waals surface area contributed by atoms with Gasteiger partial charge in [0.25, 0.3) is 0 Å². The maximum Gasteiger partial charge on any atom is 0.343 e. The van der Waals surface area contributed by atoms with Crippen LogP contribution in [0.25, 0.3) is 0 Å². The molecule has 0 amide bonds. The number of aliphatic hydroxyl groups excluding tert-OH is 1. The van der Waals surface area contributed by atoms with Crippen LogP contribution in [0.3, 0.4) is 0 Å². The van der Waals surface area contributed by atoms with Gasteiger partial charge in [0.05, 0.1) is 11.7 Å². The molecule has 2 aromatic rings. The van der Waals surface area contributed by atoms with Crippen molar-refractivity contribution in [1.82, 2.24) is 0 Å². The van der Waals surface area contributed by atoms with Gasteiger partial charge in [-0.1, -0.05) is 71.3 Å². The lowest BCUT2D eigenvalue weighted by molar-refractivity contribution is -0.145. The minimum Gasteiger partial charge on any atom is -0.461 e. The minimum absolute atomic E-state index is 0.0539. The lowest BCUT2D eigenvalue weighted by Crippen LogP contribution is -2.27. The van der Waals surface area contributed by atoms with Crippen LogP contribution in [0.2, 0.25) is 0 Å². The van der Waals surface area contributed by atoms with E-state index in [1.165, 1.54) is 38.5 Å². The molecular weight excluding hydrogens is 516 g/mol. The second-order valence-corrected chi connectivity index (χ2v) is 10.7. The molecule has 3 N–H and O–H groups in total. The van der Waals surface area contributed by atoms with Crippen LogP contribution in [-0.2, 0) is 16.1 Å². The highest BCUT2D eigenvalue weighted by Gasteiger charge is 2.20. The van der Waals surface area contributed by atoms with E-state index in [9.17, 15) is 14.7 Å². The van der Waals surface area contributed by atoms with Crippen molar-refractivity contribution in [2.45, 2.75) is 117 Å². The molecule has 0 aliphatic heterocycles. The average molecular weight is 569 g/mol. The molecule has 2 aromatic carbocycles. The van der Waals surface area contributed by atoms with Gasteiger partial charge in [-0.2, -0.15) is 0 Å². The first-order valence-corrected chi connectivity index (χ1v) is 15.6. The van der Waals surface area contributed by atoms with E-state index in [0.29, 0.717) is 35.3 Å². The second kappa shape index (κ2) is 19.3. The highest BCUT2D eigenvalue weighted by atomic mass is 16.5. The van der Waals surface area contributed by atoms with Gasteiger partial charge in [0.2, 0.25) is 0 Å². The van der Waals surface area contributed by atoms with Gasteiger partial charge in [0, 0.05) is 36.8 Å². The SMILES string of the molecule is CCCCCCCCCCCC(=O)OCc1cc(C(O)C(N)CC)ccc1OC(=O)c1ccc(N(CC)CC)cc1. The molecule has 41 heavy (non-hydrogen) atoms. The van der Waals surface area contributed by atoms with Crippen molar-refractivity contribution in [3.05, 3.63) is 59.2 Å². The van der Waals surface area contributed by atoms with E-state index in [4.69, 9.17) is 15.2 Å². The molecule has 2 unspecified atom stereocenters. The zero-order chi connectivity index (χ0) is 30.0. The van der Waals surface area contributed by atoms with Crippen LogP contribution in [0.5, 0.6) is 5.75 Å². The zero-order valence-electron chi connectivity index (χ0n) is 25.7. The Bertz CT molecular complexity index is 1040. The zero-order valence-corrected chi connectivity index (χ0v) is 25.7. The number of rotatable bonds is 20. The van der Waals surface area contributed by atoms with E-state index >= 15 is 0 Å². The van der Waals surface area contributed by atoms with Gasteiger partial charge in [0.1, 0.15) is 12.4 Å². The monoisotopic (exact) mass is 568 g/mol. The number of ether oxygens (including phenoxy) is 2. The number of hydrogen-bond acceptors (Lipinski definition) is 7. The quantitative estimate of drug-likeness (QED) is 0.0969. The molecule has 0 fully saturated rings. The number of carbonyl (C=O) groups is 2. The molecule has 0 bridgehead atoms. The number of nitrogens with two attached hydrogens (primary N) is 1. The Morgan fingerprint density at radius 3 is 2.05 bits per heavy atom. The molecular formula is C34H52N2O5. The van der Waals surface area contributed by atoms with Crippen molar-refractivity contribution < 1.29 is 24.2 Å². The average Bonchev–Trinajstić information content (AvgIpc) is 2.99. The summed E-state index contributed by atoms with van der Waals surface area (Å²) in [6.07, 6.45) is 10.7. The maximum absolute atomic E-state index is 13.0. The number of unbranched alkanes of at least 4 members (excludes halogenated alkanes) is 8. The number of esters is 2. The third-order valence-corrected chi connectivity index (χ3v) is 7.61. The fourth-order valence-electron chi connectivity index (χ4n) is 4.83. The van der Waals surface area contributed by atoms with Crippen LogP contribution in [-0.4, -0.2) is 36.2 Å². The third kappa shape index (κ3) is 11.9. The predicted molar refractivity (Wildman–Crippen MR) is 166 cm³/mol. The highest BCUT2D eigenvalue weighted by Crippen LogP contribution is 2.28. The molecule has 0 saturated heterocycles. The topological polar surface area (TPSA) is 102 Å². The van der Waals surface area contributed by atoms with E-state index in [1.807, 2.05) is 19.1 Å². The molecule has 0 spiro atoms. The molecule has 7 nitrogen and oxygen atoms in total. The Morgan fingerprint density at radius 1 is 0.854 bits per heavy atom. The summed E-state index contributed by atoms with van der Waals surface area (Å²) in [7, 11) is 0. The fourth-order valence-corrected chi connectivity index (χ4v) is 4.83. The van der Waals surface area contributed by atoms with Gasteiger partial charge in [-0.05, 0) is 68.7 Å². The van der Waals surface area contributed by atoms with Crippen molar-refractivity contribution in [3.8, 4) is 5.75 Å². The third-order valence-electron chi connectivity index (χ3n) is 7.61. The van der Waals surface area contributed by atoms with E-state index in [2.05, 4.69) is 25.7 Å². The molecule has 0 aromatic heterocycles. The molecule has 7 heteroatoms. The van der Waals surface area contributed by atoms with Gasteiger partial charge in [-0.3, -0.25) is 4.79 Å². The Balaban J connectivity index is 2.01. The Hall–Kier alpha value is -2.90. The van der Waals surface area contributed by atoms with Gasteiger partial charge in [-0.15, -0.1) is 0 Å². The van der Waals surface area contributed by atoms with Crippen LogP contribution < -0.4 is 15.4 Å². The van der Waals surface area contributed by atoms with Crippen molar-refractivity contribution in [2.24, 2.45) is 5.73 Å². The van der Waals surface area contributed by atoms with Gasteiger partial charge >= 0.3 is 11.9 Å². The molecule has 2 rings (SSSR count). The maximum atomic E-state index is 13.0. The number of nitrogens with zero attached hydrogens (tertiary/aromatic N) is 1. The first kappa shape index (κ1) is 34.3. The summed E-state index contributed by atoms with van der Waals surface area (Å²) in [6, 6.07) is 11.9. The van der Waals surface area contributed by atoms with Crippen LogP contribution >= 0.6 is 0 Å². The Morgan fingerprint density at radius 2 is 1.46 bits per heavy atom. The number of aliphatic hydroxyl groups is 1. The van der Waals surface area contributed by atoms with Crippen LogP contribution in [0.4, 0.5) is 5.69 Å². The van der Waals surface area contributed by atoms with Crippen molar-refractivity contribution >= 4 is 17.6 Å². The van der Waals surface area contributed by atoms with Gasteiger partial charge in [-0.25, -0.2) is 4.79 Å². The molecule has 0 radical (unpaired) electrons. The molecule has 0 heterocycles. The molecule has 228 valence electrons. The lowest BCUT2D eigenvalue weighted by Gasteiger charge is -2.21. The number of carbonyl (C=O) groups excluding carboxylic acids is 2. The smallest absolute Gasteiger partial charge is 0.343 e. The number of hydrogen-bond donors (Lipinski definition) is 2. The Labute approximate surface area is 247 Å². The standard InChI is InChI=1S/C34H52N2O5/c1-5-9-10-11-12-13-14-15-16-17-32(37)40-25-28-24-27(33(38)30(35)6-2)20-23-31(28)41-34(39)26-18-21-29(22-19-26)36(7-3)8-4/h18-24,30,33,38H,5-17,25,35H2,1-4H3. The van der Waals surface area contributed by atoms with Crippen molar-refractivity contribution in [1.29, 1.82) is 0 Å². The normalized spacial score (nSPS) is 12.5. The van der Waals surface area contributed by atoms with Crippen LogP contribution in [0, 0.1) is 0 Å². The van der Waals surface area contributed by atoms with E-state index < -0.39 is 18.1 Å². The van der Waals surface area contributed by atoms with Gasteiger partial charge in [0.15, 0.2) is 0 Å². The first-order chi connectivity index (χ1) is 19.8. The van der Waals surface area contributed by atoms with E-state index in [0.717, 1.165) is 38.0 Å². The molecule has 0 aliphatic carbocycles. The number of benzene rings is 2. The van der Waals surface area contributed by atoms with Crippen LogP contribution in [0.1, 0.15) is 126 Å². The van der Waals surface area contributed by atoms with Crippen molar-refractivity contribution in [3.63, 3.8) is 0 Å². The number of anilines is 1. The van der Waals surface area contributed by atoms with Gasteiger partial charge < -0.3 is 25.2 Å². The minimum atomic E-state index is -0.881. The molecule has 0 aliphatic rings. The molecule has 0 saturated carbocycles. The Kier molecular flexibility index (Phi) is 16.1. The summed E-state index contributed by atoms with van der Waals surface area (Å²) in [4.78, 5) is 27.7. The first-order valence-electron chi connectivity index (χ1n) is 15.6. The lowest BCUT2D eigenvalue weighted by atomic mass is 9.99. The summed E-state index contributed by atoms with van der Waals surface area (Å²) in [5, 5.41) is 10.7. The van der Waals surface area contributed by atoms with E-state index in [1.54, 1.807) is 30.3 Å². The highest BCUT2D eigenvalue weighted by molar-refractivity contribution is 5.91. The largest absolute Gasteiger partial charge is 0.461 e. The second-order valence-electron chi connectivity index (χ2n) is 10.7. The fraction of sp³-hybridized carbons (Fsp3) is 0.588. The van der Waals surface area contributed by atoms with Crippen molar-refractivity contribution in [2.75, 3.05) is 18.0 Å². The summed E-state index contributed by atoms with van der Waals surface area (Å²) in [5.74, 6) is -0.495. The van der Waals surface area contributed by atoms with Crippen LogP contribution in [0.15, 0.2) is 42.5 Å².